The van der Waals surface area contributed by atoms with Gasteiger partial charge in [0.25, 0.3) is 0 Å². The molecule has 1 N–H and O–H groups in total. The molecule has 3 nitrogen and oxygen atoms in total. The molecule has 0 saturated carbocycles. The summed E-state index contributed by atoms with van der Waals surface area (Å²) in [7, 11) is 0. The van der Waals surface area contributed by atoms with Crippen molar-refractivity contribution in [2.75, 3.05) is 6.54 Å². The van der Waals surface area contributed by atoms with Gasteiger partial charge in [-0.25, -0.2) is 4.98 Å². The Morgan fingerprint density at radius 2 is 1.71 bits per heavy atom. The minimum Gasteiger partial charge on any atom is -0.312 e. The Kier molecular flexibility index (Phi) is 4.44. The van der Waals surface area contributed by atoms with Crippen LogP contribution >= 0.6 is 0 Å². The minimum atomic E-state index is 0.900. The van der Waals surface area contributed by atoms with E-state index in [1.54, 1.807) is 6.20 Å². The summed E-state index contributed by atoms with van der Waals surface area (Å²) in [5.41, 5.74) is 3.81. The van der Waals surface area contributed by atoms with E-state index in [0.29, 0.717) is 0 Å². The zero-order valence-electron chi connectivity index (χ0n) is 11.9. The van der Waals surface area contributed by atoms with Crippen LogP contribution in [-0.4, -0.2) is 16.1 Å². The van der Waals surface area contributed by atoms with Crippen LogP contribution in [0.1, 0.15) is 11.1 Å². The lowest BCUT2D eigenvalue weighted by Crippen LogP contribution is -2.16. The molecular weight excluding hydrogens is 258 g/mol. The summed E-state index contributed by atoms with van der Waals surface area (Å²) in [6.07, 6.45) is 6.62. The molecule has 0 aliphatic heterocycles. The minimum absolute atomic E-state index is 0.900. The van der Waals surface area contributed by atoms with Crippen molar-refractivity contribution in [3.63, 3.8) is 0 Å². The van der Waals surface area contributed by atoms with Crippen LogP contribution < -0.4 is 5.32 Å². The summed E-state index contributed by atoms with van der Waals surface area (Å²) in [6, 6.07) is 19.1. The van der Waals surface area contributed by atoms with Crippen molar-refractivity contribution in [2.24, 2.45) is 0 Å². The lowest BCUT2D eigenvalue weighted by atomic mass is 10.1. The van der Waals surface area contributed by atoms with Crippen LogP contribution in [0, 0.1) is 0 Å². The molecule has 1 heterocycles. The third-order valence-corrected chi connectivity index (χ3v) is 3.50. The summed E-state index contributed by atoms with van der Waals surface area (Å²) >= 11 is 0. The van der Waals surface area contributed by atoms with Crippen molar-refractivity contribution in [1.29, 1.82) is 0 Å². The first kappa shape index (κ1) is 13.6. The predicted molar refractivity (Wildman–Crippen MR) is 85.4 cm³/mol. The topological polar surface area (TPSA) is 29.9 Å². The first-order chi connectivity index (χ1) is 10.4. The number of benzene rings is 2. The lowest BCUT2D eigenvalue weighted by Gasteiger charge is -2.07. The van der Waals surface area contributed by atoms with Crippen LogP contribution in [-0.2, 0) is 13.0 Å². The molecule has 106 valence electrons. The average molecular weight is 277 g/mol. The fraction of sp³-hybridized carbons (Fsp3) is 0.167. The van der Waals surface area contributed by atoms with Gasteiger partial charge in [0, 0.05) is 24.6 Å². The summed E-state index contributed by atoms with van der Waals surface area (Å²) < 4.78 is 2.01. The van der Waals surface area contributed by atoms with E-state index < -0.39 is 0 Å². The summed E-state index contributed by atoms with van der Waals surface area (Å²) in [5, 5.41) is 3.49. The van der Waals surface area contributed by atoms with Crippen LogP contribution in [0.15, 0.2) is 73.3 Å². The third-order valence-electron chi connectivity index (χ3n) is 3.50. The van der Waals surface area contributed by atoms with Crippen LogP contribution in [0.5, 0.6) is 0 Å². The van der Waals surface area contributed by atoms with Crippen molar-refractivity contribution >= 4 is 0 Å². The maximum Gasteiger partial charge on any atom is 0.0991 e. The number of imidazole rings is 1. The maximum absolute atomic E-state index is 4.06. The van der Waals surface area contributed by atoms with Crippen LogP contribution in [0.4, 0.5) is 0 Å². The number of nitrogens with zero attached hydrogens (tertiary/aromatic N) is 2. The Bertz CT molecular complexity index is 643. The zero-order chi connectivity index (χ0) is 14.3. The Morgan fingerprint density at radius 1 is 0.905 bits per heavy atom. The van der Waals surface area contributed by atoms with Gasteiger partial charge in [0.1, 0.15) is 0 Å². The molecule has 1 aromatic heterocycles. The molecule has 0 atom stereocenters. The van der Waals surface area contributed by atoms with Gasteiger partial charge in [-0.15, -0.1) is 0 Å². The van der Waals surface area contributed by atoms with Crippen LogP contribution in [0.2, 0.25) is 0 Å². The summed E-state index contributed by atoms with van der Waals surface area (Å²) in [5.74, 6) is 0. The highest BCUT2D eigenvalue weighted by molar-refractivity contribution is 5.34. The normalized spacial score (nSPS) is 10.7. The molecule has 0 aliphatic carbocycles. The van der Waals surface area contributed by atoms with E-state index in [1.165, 1.54) is 11.1 Å². The SMILES string of the molecule is c1ccc(CCNCc2ccc(-n3ccnc3)cc2)cc1. The first-order valence-electron chi connectivity index (χ1n) is 7.24. The number of nitrogens with one attached hydrogen (secondary N) is 1. The smallest absolute Gasteiger partial charge is 0.0991 e. The second-order valence-corrected chi connectivity index (χ2v) is 5.05. The van der Waals surface area contributed by atoms with E-state index in [-0.39, 0.29) is 0 Å². The van der Waals surface area contributed by atoms with Gasteiger partial charge >= 0.3 is 0 Å². The van der Waals surface area contributed by atoms with Crippen LogP contribution in [0.25, 0.3) is 5.69 Å². The largest absolute Gasteiger partial charge is 0.312 e. The van der Waals surface area contributed by atoms with Gasteiger partial charge < -0.3 is 9.88 Å². The molecule has 2 aromatic carbocycles. The zero-order valence-corrected chi connectivity index (χ0v) is 11.9. The molecule has 0 unspecified atom stereocenters. The van der Waals surface area contributed by atoms with Gasteiger partial charge in [-0.1, -0.05) is 42.5 Å². The number of aromatic nitrogens is 2. The molecule has 0 amide bonds. The molecule has 3 heteroatoms. The molecule has 0 bridgehead atoms. The van der Waals surface area contributed by atoms with Crippen molar-refractivity contribution in [1.82, 2.24) is 14.9 Å². The van der Waals surface area contributed by atoms with E-state index >= 15 is 0 Å². The fourth-order valence-electron chi connectivity index (χ4n) is 2.31. The Hall–Kier alpha value is -2.39. The third kappa shape index (κ3) is 3.80. The first-order valence-corrected chi connectivity index (χ1v) is 7.24. The Labute approximate surface area is 125 Å². The number of rotatable bonds is 6. The van der Waals surface area contributed by atoms with Gasteiger partial charge in [-0.3, -0.25) is 0 Å². The molecule has 0 saturated heterocycles. The number of hydrogen-bond donors (Lipinski definition) is 1. The Balaban J connectivity index is 1.47. The summed E-state index contributed by atoms with van der Waals surface area (Å²) in [6.45, 7) is 1.89. The van der Waals surface area contributed by atoms with E-state index in [1.807, 2.05) is 17.1 Å². The van der Waals surface area contributed by atoms with Gasteiger partial charge in [0.15, 0.2) is 0 Å². The predicted octanol–water partition coefficient (Wildman–Crippen LogP) is 3.20. The quantitative estimate of drug-likeness (QED) is 0.701. The van der Waals surface area contributed by atoms with Gasteiger partial charge in [-0.2, -0.15) is 0 Å². The molecule has 0 radical (unpaired) electrons. The fourth-order valence-corrected chi connectivity index (χ4v) is 2.31. The van der Waals surface area contributed by atoms with Crippen molar-refractivity contribution in [2.45, 2.75) is 13.0 Å². The molecular formula is C18H19N3. The highest BCUT2D eigenvalue weighted by Gasteiger charge is 1.97. The molecule has 3 rings (SSSR count). The second-order valence-electron chi connectivity index (χ2n) is 5.05. The summed E-state index contributed by atoms with van der Waals surface area (Å²) in [4.78, 5) is 4.06. The maximum atomic E-state index is 4.06. The van der Waals surface area contributed by atoms with Crippen molar-refractivity contribution < 1.29 is 0 Å². The monoisotopic (exact) mass is 277 g/mol. The molecule has 0 fully saturated rings. The van der Waals surface area contributed by atoms with Gasteiger partial charge in [0.2, 0.25) is 0 Å². The number of hydrogen-bond acceptors (Lipinski definition) is 2. The second kappa shape index (κ2) is 6.86. The van der Waals surface area contributed by atoms with Gasteiger partial charge in [-0.05, 0) is 36.2 Å². The van der Waals surface area contributed by atoms with E-state index in [0.717, 1.165) is 25.2 Å². The van der Waals surface area contributed by atoms with E-state index in [9.17, 15) is 0 Å². The van der Waals surface area contributed by atoms with E-state index in [2.05, 4.69) is 64.9 Å². The van der Waals surface area contributed by atoms with Gasteiger partial charge in [0.05, 0.1) is 6.33 Å². The lowest BCUT2D eigenvalue weighted by molar-refractivity contribution is 0.687. The van der Waals surface area contributed by atoms with E-state index in [4.69, 9.17) is 0 Å². The highest BCUT2D eigenvalue weighted by Crippen LogP contribution is 2.09. The average Bonchev–Trinajstić information content (AvgIpc) is 3.08. The molecule has 0 aliphatic rings. The van der Waals surface area contributed by atoms with Crippen molar-refractivity contribution in [3.05, 3.63) is 84.4 Å². The van der Waals surface area contributed by atoms with Crippen molar-refractivity contribution in [3.8, 4) is 5.69 Å². The standard InChI is InChI=1S/C18H19N3/c1-2-4-16(5-3-1)10-11-19-14-17-6-8-18(9-7-17)21-13-12-20-15-21/h1-9,12-13,15,19H,10-11,14H2. The molecule has 0 spiro atoms. The molecule has 21 heavy (non-hydrogen) atoms. The molecule has 3 aromatic rings. The highest BCUT2D eigenvalue weighted by atomic mass is 15.0. The Morgan fingerprint density at radius 3 is 2.43 bits per heavy atom. The van der Waals surface area contributed by atoms with Crippen LogP contribution in [0.3, 0.4) is 0 Å².